The quantitative estimate of drug-likeness (QED) is 0.303. The van der Waals surface area contributed by atoms with Crippen LogP contribution in [0.25, 0.3) is 34.2 Å². The standard InChI is InChI=1S/C33H38B2N3O4/c1-30(2,39)31(3,4)40-34-25-19-24(20-26(21-25)35-41-32(5,6)33(7,8)42-35)29-37-27(22-15-11-9-12-16-22)36-28(38-29)23-17-13-10-14-18-23/h9-21,39H,1-8H3. The van der Waals surface area contributed by atoms with Crippen LogP contribution in [0.4, 0.5) is 0 Å². The van der Waals surface area contributed by atoms with E-state index in [0.717, 1.165) is 27.6 Å². The van der Waals surface area contributed by atoms with Crippen molar-refractivity contribution < 1.29 is 19.1 Å². The average molecular weight is 562 g/mol. The Morgan fingerprint density at radius 1 is 0.690 bits per heavy atom. The van der Waals surface area contributed by atoms with Crippen LogP contribution in [0, 0.1) is 0 Å². The second-order valence-electron chi connectivity index (χ2n) is 12.8. The second kappa shape index (κ2) is 11.0. The SMILES string of the molecule is CC(C)(O)C(C)(C)O[B]c1cc(B2OC(C)(C)C(C)(C)O2)cc(-c2nc(-c3ccccc3)nc(-c3ccccc3)n2)c1. The Morgan fingerprint density at radius 2 is 1.14 bits per heavy atom. The van der Waals surface area contributed by atoms with E-state index in [1.807, 2.05) is 120 Å². The summed E-state index contributed by atoms with van der Waals surface area (Å²) in [5.74, 6) is 1.66. The zero-order chi connectivity index (χ0) is 30.3. The van der Waals surface area contributed by atoms with Gasteiger partial charge in [0.05, 0.1) is 22.4 Å². The van der Waals surface area contributed by atoms with Crippen molar-refractivity contribution in [2.45, 2.75) is 77.8 Å². The molecule has 1 aliphatic rings. The van der Waals surface area contributed by atoms with E-state index in [1.165, 1.54) is 0 Å². The summed E-state index contributed by atoms with van der Waals surface area (Å²) >= 11 is 0. The van der Waals surface area contributed by atoms with Crippen molar-refractivity contribution in [3.05, 3.63) is 78.9 Å². The molecule has 9 heteroatoms. The van der Waals surface area contributed by atoms with Crippen molar-refractivity contribution in [2.75, 3.05) is 0 Å². The highest BCUT2D eigenvalue weighted by Crippen LogP contribution is 2.36. The first-order chi connectivity index (χ1) is 19.7. The predicted octanol–water partition coefficient (Wildman–Crippen LogP) is 4.98. The lowest BCUT2D eigenvalue weighted by atomic mass is 9.73. The summed E-state index contributed by atoms with van der Waals surface area (Å²) in [7, 11) is 1.06. The highest BCUT2D eigenvalue weighted by atomic mass is 16.7. The molecule has 1 fully saturated rings. The third-order valence-corrected chi connectivity index (χ3v) is 8.42. The fourth-order valence-corrected chi connectivity index (χ4v) is 4.29. The van der Waals surface area contributed by atoms with Crippen molar-refractivity contribution in [1.29, 1.82) is 0 Å². The van der Waals surface area contributed by atoms with Crippen LogP contribution in [-0.2, 0) is 14.0 Å². The first kappa shape index (κ1) is 30.1. The summed E-state index contributed by atoms with van der Waals surface area (Å²) in [5, 5.41) is 10.7. The summed E-state index contributed by atoms with van der Waals surface area (Å²) in [5.41, 5.74) is 1.18. The smallest absolute Gasteiger partial charge is 0.427 e. The number of nitrogens with zero attached hydrogens (tertiary/aromatic N) is 3. The molecule has 0 atom stereocenters. The minimum absolute atomic E-state index is 0.509. The molecule has 3 aromatic carbocycles. The van der Waals surface area contributed by atoms with Gasteiger partial charge in [-0.25, -0.2) is 15.0 Å². The van der Waals surface area contributed by atoms with Crippen LogP contribution >= 0.6 is 0 Å². The van der Waals surface area contributed by atoms with Crippen molar-refractivity contribution >= 4 is 25.5 Å². The van der Waals surface area contributed by atoms with Gasteiger partial charge in [0.2, 0.25) is 0 Å². The maximum atomic E-state index is 10.7. The monoisotopic (exact) mass is 562 g/mol. The molecule has 1 aliphatic heterocycles. The topological polar surface area (TPSA) is 86.6 Å². The summed E-state index contributed by atoms with van der Waals surface area (Å²) in [4.78, 5) is 14.7. The van der Waals surface area contributed by atoms with E-state index in [2.05, 4.69) is 0 Å². The Hall–Kier alpha value is -3.36. The summed E-state index contributed by atoms with van der Waals surface area (Å²) in [6.45, 7) is 15.3. The molecule has 42 heavy (non-hydrogen) atoms. The van der Waals surface area contributed by atoms with Gasteiger partial charge < -0.3 is 19.1 Å². The van der Waals surface area contributed by atoms with Gasteiger partial charge in [0, 0.05) is 16.7 Å². The van der Waals surface area contributed by atoms with E-state index in [0.29, 0.717) is 17.5 Å². The number of aromatic nitrogens is 3. The first-order valence-electron chi connectivity index (χ1n) is 14.3. The fourth-order valence-electron chi connectivity index (χ4n) is 4.29. The zero-order valence-electron chi connectivity index (χ0n) is 25.7. The Morgan fingerprint density at radius 3 is 1.60 bits per heavy atom. The largest absolute Gasteiger partial charge is 0.494 e. The first-order valence-corrected chi connectivity index (χ1v) is 14.3. The van der Waals surface area contributed by atoms with E-state index in [1.54, 1.807) is 21.3 Å². The van der Waals surface area contributed by atoms with E-state index in [-0.39, 0.29) is 0 Å². The van der Waals surface area contributed by atoms with Crippen molar-refractivity contribution in [2.24, 2.45) is 0 Å². The van der Waals surface area contributed by atoms with E-state index in [4.69, 9.17) is 28.9 Å². The fraction of sp³-hybridized carbons (Fsp3) is 0.364. The van der Waals surface area contributed by atoms with E-state index in [9.17, 15) is 5.11 Å². The van der Waals surface area contributed by atoms with Gasteiger partial charge in [-0.2, -0.15) is 0 Å². The molecule has 0 saturated carbocycles. The van der Waals surface area contributed by atoms with E-state index >= 15 is 0 Å². The minimum atomic E-state index is -1.07. The Balaban J connectivity index is 1.64. The molecule has 215 valence electrons. The molecule has 7 nitrogen and oxygen atoms in total. The van der Waals surface area contributed by atoms with Crippen LogP contribution < -0.4 is 10.9 Å². The molecule has 2 heterocycles. The average Bonchev–Trinajstić information content (AvgIpc) is 3.18. The molecule has 5 rings (SSSR count). The van der Waals surface area contributed by atoms with Crippen LogP contribution in [-0.4, -0.2) is 57.1 Å². The third kappa shape index (κ3) is 6.20. The molecule has 0 aliphatic carbocycles. The van der Waals surface area contributed by atoms with Gasteiger partial charge >= 0.3 is 14.6 Å². The summed E-state index contributed by atoms with van der Waals surface area (Å²) in [6.07, 6.45) is 0. The lowest BCUT2D eigenvalue weighted by Gasteiger charge is -2.37. The summed E-state index contributed by atoms with van der Waals surface area (Å²) < 4.78 is 19.0. The van der Waals surface area contributed by atoms with E-state index < -0.39 is 29.5 Å². The molecule has 0 bridgehead atoms. The molecular formula is C33H38B2N3O4. The predicted molar refractivity (Wildman–Crippen MR) is 169 cm³/mol. The number of rotatable bonds is 8. The Bertz CT molecular complexity index is 1480. The van der Waals surface area contributed by atoms with Crippen LogP contribution in [0.1, 0.15) is 55.4 Å². The maximum absolute atomic E-state index is 10.7. The molecule has 0 unspecified atom stereocenters. The van der Waals surface area contributed by atoms with Crippen molar-refractivity contribution in [1.82, 2.24) is 15.0 Å². The highest BCUT2D eigenvalue weighted by molar-refractivity contribution is 6.63. The van der Waals surface area contributed by atoms with Gasteiger partial charge in [0.15, 0.2) is 17.5 Å². The zero-order valence-corrected chi connectivity index (χ0v) is 25.7. The van der Waals surface area contributed by atoms with Gasteiger partial charge in [-0.05, 0) is 60.9 Å². The Labute approximate surface area is 250 Å². The molecule has 1 N–H and O–H groups in total. The lowest BCUT2D eigenvalue weighted by molar-refractivity contribution is -0.0893. The number of aliphatic hydroxyl groups is 1. The third-order valence-electron chi connectivity index (χ3n) is 8.42. The normalized spacial score (nSPS) is 16.5. The molecule has 0 spiro atoms. The van der Waals surface area contributed by atoms with Crippen LogP contribution in [0.3, 0.4) is 0 Å². The second-order valence-corrected chi connectivity index (χ2v) is 12.8. The van der Waals surface area contributed by atoms with Crippen molar-refractivity contribution in [3.8, 4) is 34.2 Å². The summed E-state index contributed by atoms with van der Waals surface area (Å²) in [6, 6.07) is 25.7. The number of hydrogen-bond donors (Lipinski definition) is 1. The van der Waals surface area contributed by atoms with Gasteiger partial charge in [0.25, 0.3) is 0 Å². The van der Waals surface area contributed by atoms with Gasteiger partial charge in [0.1, 0.15) is 0 Å². The molecule has 1 saturated heterocycles. The minimum Gasteiger partial charge on any atom is -0.427 e. The van der Waals surface area contributed by atoms with Crippen LogP contribution in [0.2, 0.25) is 0 Å². The number of benzene rings is 3. The number of hydrogen-bond acceptors (Lipinski definition) is 7. The van der Waals surface area contributed by atoms with Crippen LogP contribution in [0.15, 0.2) is 78.9 Å². The Kier molecular flexibility index (Phi) is 7.92. The van der Waals surface area contributed by atoms with Crippen LogP contribution in [0.5, 0.6) is 0 Å². The molecule has 0 amide bonds. The van der Waals surface area contributed by atoms with Gasteiger partial charge in [-0.3, -0.25) is 0 Å². The van der Waals surface area contributed by atoms with Crippen molar-refractivity contribution in [3.63, 3.8) is 0 Å². The molecule has 1 aromatic heterocycles. The maximum Gasteiger partial charge on any atom is 0.494 e. The highest BCUT2D eigenvalue weighted by Gasteiger charge is 2.52. The lowest BCUT2D eigenvalue weighted by Crippen LogP contribution is -2.49. The molecule has 4 aromatic rings. The molecule has 1 radical (unpaired) electrons. The molecular weight excluding hydrogens is 524 g/mol. The van der Waals surface area contributed by atoms with Gasteiger partial charge in [-0.15, -0.1) is 0 Å². The van der Waals surface area contributed by atoms with Gasteiger partial charge in [-0.1, -0.05) is 84.3 Å².